The normalized spacial score (nSPS) is 31.6. The standard InChI is InChI=1S/C26H25N5O4/c1-3-13(2)19-24(34)30-17-11-7-5-9-15(17)26(35)12-18-22(32)28-21(31(19)25(26)30)20-27-16-10-6-4-8-14(16)23(33)29(18)20/h4-11,13,18-19,21,25,35H,3,12H2,1-2H3,(H,28,32)/t13-,18+,19-,21-,25+,26-/m0/s1. The third-order valence-corrected chi connectivity index (χ3v) is 8.35. The van der Waals surface area contributed by atoms with Crippen LogP contribution < -0.4 is 15.8 Å². The van der Waals surface area contributed by atoms with Gasteiger partial charge in [0.1, 0.15) is 24.0 Å². The van der Waals surface area contributed by atoms with Crippen molar-refractivity contribution in [3.05, 3.63) is 70.3 Å². The van der Waals surface area contributed by atoms with Crippen LogP contribution in [0.4, 0.5) is 5.69 Å². The number of para-hydroxylation sites is 2. The molecule has 3 aromatic rings. The van der Waals surface area contributed by atoms with Crippen molar-refractivity contribution in [1.29, 1.82) is 0 Å². The van der Waals surface area contributed by atoms with Crippen molar-refractivity contribution in [1.82, 2.24) is 19.8 Å². The van der Waals surface area contributed by atoms with Gasteiger partial charge in [-0.1, -0.05) is 50.6 Å². The molecule has 9 heteroatoms. The van der Waals surface area contributed by atoms with Crippen molar-refractivity contribution < 1.29 is 14.7 Å². The van der Waals surface area contributed by atoms with Crippen LogP contribution in [0, 0.1) is 5.92 Å². The largest absolute Gasteiger partial charge is 0.381 e. The zero-order valence-electron chi connectivity index (χ0n) is 19.4. The molecule has 0 saturated carbocycles. The van der Waals surface area contributed by atoms with Gasteiger partial charge in [0.05, 0.1) is 22.6 Å². The van der Waals surface area contributed by atoms with E-state index in [1.165, 1.54) is 4.57 Å². The monoisotopic (exact) mass is 471 g/mol. The van der Waals surface area contributed by atoms with Crippen LogP contribution in [-0.2, 0) is 15.2 Å². The van der Waals surface area contributed by atoms with Gasteiger partial charge in [-0.15, -0.1) is 0 Å². The van der Waals surface area contributed by atoms with Crippen LogP contribution in [-0.4, -0.2) is 43.6 Å². The van der Waals surface area contributed by atoms with Crippen molar-refractivity contribution in [2.24, 2.45) is 5.92 Å². The lowest BCUT2D eigenvalue weighted by atomic mass is 9.82. The Morgan fingerprint density at radius 2 is 1.89 bits per heavy atom. The number of hydrogen-bond donors (Lipinski definition) is 2. The van der Waals surface area contributed by atoms with Crippen LogP contribution in [0.1, 0.15) is 50.3 Å². The molecule has 0 radical (unpaired) electrons. The zero-order chi connectivity index (χ0) is 24.2. The summed E-state index contributed by atoms with van der Waals surface area (Å²) in [6.07, 6.45) is -0.866. The first kappa shape index (κ1) is 20.8. The number of rotatable bonds is 2. The lowest BCUT2D eigenvalue weighted by molar-refractivity contribution is -0.146. The highest BCUT2D eigenvalue weighted by molar-refractivity contribution is 6.03. The average molecular weight is 472 g/mol. The predicted octanol–water partition coefficient (Wildman–Crippen LogP) is 1.76. The van der Waals surface area contributed by atoms with E-state index in [-0.39, 0.29) is 29.7 Å². The summed E-state index contributed by atoms with van der Waals surface area (Å²) in [4.78, 5) is 49.6. The van der Waals surface area contributed by atoms with E-state index in [1.807, 2.05) is 49.1 Å². The number of benzene rings is 2. The molecule has 0 unspecified atom stereocenters. The van der Waals surface area contributed by atoms with Crippen molar-refractivity contribution in [3.63, 3.8) is 0 Å². The van der Waals surface area contributed by atoms with E-state index < -0.39 is 30.0 Å². The first-order chi connectivity index (χ1) is 16.9. The van der Waals surface area contributed by atoms with Gasteiger partial charge in [0, 0.05) is 12.0 Å². The minimum Gasteiger partial charge on any atom is -0.381 e. The second kappa shape index (κ2) is 6.77. The molecule has 8 rings (SSSR count). The Labute approximate surface area is 201 Å². The summed E-state index contributed by atoms with van der Waals surface area (Å²) in [5.41, 5.74) is -0.0422. The Balaban J connectivity index is 1.57. The van der Waals surface area contributed by atoms with E-state index in [1.54, 1.807) is 23.1 Å². The summed E-state index contributed by atoms with van der Waals surface area (Å²) in [5, 5.41) is 15.8. The maximum atomic E-state index is 14.0. The van der Waals surface area contributed by atoms with Gasteiger partial charge >= 0.3 is 0 Å². The lowest BCUT2D eigenvalue weighted by Crippen LogP contribution is -2.64. The fraction of sp³-hybridized carbons (Fsp3) is 0.385. The van der Waals surface area contributed by atoms with Crippen LogP contribution in [0.15, 0.2) is 53.3 Å². The maximum Gasteiger partial charge on any atom is 0.262 e. The van der Waals surface area contributed by atoms with Crippen LogP contribution in [0.5, 0.6) is 0 Å². The van der Waals surface area contributed by atoms with E-state index in [0.717, 1.165) is 6.42 Å². The van der Waals surface area contributed by atoms with E-state index in [9.17, 15) is 19.5 Å². The number of amides is 2. The third kappa shape index (κ3) is 2.39. The Morgan fingerprint density at radius 1 is 1.14 bits per heavy atom. The van der Waals surface area contributed by atoms with Crippen molar-refractivity contribution in [2.75, 3.05) is 4.90 Å². The molecule has 2 fully saturated rings. The molecular weight excluding hydrogens is 446 g/mol. The topological polar surface area (TPSA) is 108 Å². The van der Waals surface area contributed by atoms with Crippen molar-refractivity contribution in [3.8, 4) is 0 Å². The Morgan fingerprint density at radius 3 is 2.69 bits per heavy atom. The molecule has 9 nitrogen and oxygen atoms in total. The predicted molar refractivity (Wildman–Crippen MR) is 127 cm³/mol. The zero-order valence-corrected chi connectivity index (χ0v) is 19.4. The molecule has 6 atom stereocenters. The Hall–Kier alpha value is -3.56. The van der Waals surface area contributed by atoms with Crippen molar-refractivity contribution >= 4 is 28.4 Å². The number of carbonyl (C=O) groups is 2. The smallest absolute Gasteiger partial charge is 0.262 e. The molecule has 5 aliphatic rings. The molecule has 5 aliphatic heterocycles. The van der Waals surface area contributed by atoms with E-state index >= 15 is 0 Å². The maximum absolute atomic E-state index is 14.0. The van der Waals surface area contributed by atoms with Gasteiger partial charge in [0.2, 0.25) is 11.8 Å². The first-order valence-electron chi connectivity index (χ1n) is 12.1. The summed E-state index contributed by atoms with van der Waals surface area (Å²) >= 11 is 0. The molecule has 2 aromatic carbocycles. The van der Waals surface area contributed by atoms with Gasteiger partial charge in [-0.3, -0.25) is 23.9 Å². The molecular formula is C26H25N5O4. The molecule has 1 aromatic heterocycles. The van der Waals surface area contributed by atoms with E-state index in [2.05, 4.69) is 5.32 Å². The highest BCUT2D eigenvalue weighted by Crippen LogP contribution is 2.56. The summed E-state index contributed by atoms with van der Waals surface area (Å²) < 4.78 is 1.45. The number of nitrogens with zero attached hydrogens (tertiary/aromatic N) is 4. The molecule has 2 bridgehead atoms. The van der Waals surface area contributed by atoms with Gasteiger partial charge < -0.3 is 10.4 Å². The summed E-state index contributed by atoms with van der Waals surface area (Å²) in [7, 11) is 0. The van der Waals surface area contributed by atoms with Crippen molar-refractivity contribution in [2.45, 2.75) is 56.7 Å². The van der Waals surface area contributed by atoms with E-state index in [4.69, 9.17) is 4.98 Å². The fourth-order valence-corrected chi connectivity index (χ4v) is 6.61. The molecule has 0 spiro atoms. The quantitative estimate of drug-likeness (QED) is 0.590. The lowest BCUT2D eigenvalue weighted by Gasteiger charge is -2.49. The summed E-state index contributed by atoms with van der Waals surface area (Å²) in [5.74, 6) is -0.118. The molecule has 2 saturated heterocycles. The number of aromatic nitrogens is 2. The second-order valence-electron chi connectivity index (χ2n) is 10.1. The van der Waals surface area contributed by atoms with Gasteiger partial charge in [0.15, 0.2) is 5.82 Å². The third-order valence-electron chi connectivity index (χ3n) is 8.35. The summed E-state index contributed by atoms with van der Waals surface area (Å²) in [6, 6.07) is 12.9. The van der Waals surface area contributed by atoms with Crippen LogP contribution in [0.25, 0.3) is 10.9 Å². The van der Waals surface area contributed by atoms with E-state index in [0.29, 0.717) is 28.0 Å². The van der Waals surface area contributed by atoms with Gasteiger partial charge in [-0.25, -0.2) is 9.88 Å². The minimum absolute atomic E-state index is 0.0480. The fourth-order valence-electron chi connectivity index (χ4n) is 6.61. The highest BCUT2D eigenvalue weighted by atomic mass is 16.3. The Bertz CT molecular complexity index is 1500. The van der Waals surface area contributed by atoms with Crippen LogP contribution >= 0.6 is 0 Å². The van der Waals surface area contributed by atoms with Gasteiger partial charge in [-0.05, 0) is 24.1 Å². The number of hydrogen-bond acceptors (Lipinski definition) is 6. The van der Waals surface area contributed by atoms with Gasteiger partial charge in [0.25, 0.3) is 5.56 Å². The number of fused-ring (bicyclic) bond motifs is 4. The highest BCUT2D eigenvalue weighted by Gasteiger charge is 2.67. The Kier molecular flexibility index (Phi) is 4.02. The SMILES string of the molecule is CC[C@H](C)[C@H]1C(=O)N2c3ccccc3[C@@]3(O)C[C@@H]4C(=O)N[C@H](c5nc6ccccc6c(=O)n54)N1[C@@H]23. The van der Waals surface area contributed by atoms with Gasteiger partial charge in [-0.2, -0.15) is 0 Å². The molecule has 2 amide bonds. The molecule has 178 valence electrons. The minimum atomic E-state index is -1.53. The first-order valence-corrected chi connectivity index (χ1v) is 12.1. The number of aliphatic hydroxyl groups is 1. The summed E-state index contributed by atoms with van der Waals surface area (Å²) in [6.45, 7) is 4.02. The molecule has 2 N–H and O–H groups in total. The average Bonchev–Trinajstić information content (AvgIpc) is 3.29. The second-order valence-corrected chi connectivity index (χ2v) is 10.1. The molecule has 0 aliphatic carbocycles. The van der Waals surface area contributed by atoms with Crippen LogP contribution in [0.2, 0.25) is 0 Å². The van der Waals surface area contributed by atoms with Crippen LogP contribution in [0.3, 0.4) is 0 Å². The number of anilines is 1. The molecule has 35 heavy (non-hydrogen) atoms. The number of carbonyl (C=O) groups excluding carboxylic acids is 2. The molecule has 6 heterocycles. The number of nitrogens with one attached hydrogen (secondary N) is 1.